The van der Waals surface area contributed by atoms with Gasteiger partial charge >= 0.3 is 12.1 Å². The van der Waals surface area contributed by atoms with Crippen LogP contribution in [0.15, 0.2) is 18.2 Å². The van der Waals surface area contributed by atoms with E-state index in [2.05, 4.69) is 5.32 Å². The standard InChI is InChI=1S/C14H19FN2O5/c1-14(2,3)22-13(20)17-10(12(18)19)7-21-11-6-8(15)4-5-9(11)16/h4-6,10H,7,16H2,1-3H3,(H,17,20)(H,18,19). The molecule has 0 bridgehead atoms. The minimum Gasteiger partial charge on any atom is -0.489 e. The Hall–Kier alpha value is -2.51. The first kappa shape index (κ1) is 17.5. The maximum absolute atomic E-state index is 13.1. The molecule has 1 aromatic rings. The summed E-state index contributed by atoms with van der Waals surface area (Å²) in [5, 5.41) is 11.2. The van der Waals surface area contributed by atoms with E-state index in [1.807, 2.05) is 0 Å². The summed E-state index contributed by atoms with van der Waals surface area (Å²) in [6, 6.07) is 2.11. The molecular weight excluding hydrogens is 295 g/mol. The first-order valence-electron chi connectivity index (χ1n) is 6.48. The van der Waals surface area contributed by atoms with E-state index in [9.17, 15) is 14.0 Å². The Morgan fingerprint density at radius 3 is 2.59 bits per heavy atom. The number of rotatable bonds is 5. The van der Waals surface area contributed by atoms with E-state index < -0.39 is 36.1 Å². The van der Waals surface area contributed by atoms with E-state index in [0.717, 1.165) is 12.1 Å². The number of nitrogen functional groups attached to an aromatic ring is 1. The highest BCUT2D eigenvalue weighted by Gasteiger charge is 2.24. The van der Waals surface area contributed by atoms with Crippen LogP contribution in [0.4, 0.5) is 14.9 Å². The first-order chi connectivity index (χ1) is 10.1. The van der Waals surface area contributed by atoms with Crippen molar-refractivity contribution in [1.29, 1.82) is 0 Å². The molecule has 4 N–H and O–H groups in total. The molecule has 0 heterocycles. The number of carbonyl (C=O) groups excluding carboxylic acids is 1. The van der Waals surface area contributed by atoms with Crippen molar-refractivity contribution in [3.05, 3.63) is 24.0 Å². The highest BCUT2D eigenvalue weighted by molar-refractivity contribution is 5.80. The summed E-state index contributed by atoms with van der Waals surface area (Å²) >= 11 is 0. The first-order valence-corrected chi connectivity index (χ1v) is 6.48. The summed E-state index contributed by atoms with van der Waals surface area (Å²) in [4.78, 5) is 22.7. The molecule has 0 fully saturated rings. The summed E-state index contributed by atoms with van der Waals surface area (Å²) in [5.74, 6) is -1.89. The highest BCUT2D eigenvalue weighted by Crippen LogP contribution is 2.22. The maximum Gasteiger partial charge on any atom is 0.408 e. The summed E-state index contributed by atoms with van der Waals surface area (Å²) in [6.45, 7) is 4.51. The third-order valence-corrected chi connectivity index (χ3v) is 2.37. The molecule has 0 radical (unpaired) electrons. The lowest BCUT2D eigenvalue weighted by Crippen LogP contribution is -2.46. The van der Waals surface area contributed by atoms with Crippen molar-refractivity contribution in [2.45, 2.75) is 32.4 Å². The minimum absolute atomic E-state index is 0.00256. The zero-order valence-corrected chi connectivity index (χ0v) is 12.6. The lowest BCUT2D eigenvalue weighted by molar-refractivity contribution is -0.140. The van der Waals surface area contributed by atoms with Gasteiger partial charge in [0.05, 0.1) is 5.69 Å². The van der Waals surface area contributed by atoms with Gasteiger partial charge in [-0.25, -0.2) is 14.0 Å². The van der Waals surface area contributed by atoms with Gasteiger partial charge in [0.25, 0.3) is 0 Å². The van der Waals surface area contributed by atoms with Crippen molar-refractivity contribution in [3.8, 4) is 5.75 Å². The van der Waals surface area contributed by atoms with Crippen LogP contribution in [0, 0.1) is 5.82 Å². The monoisotopic (exact) mass is 314 g/mol. The summed E-state index contributed by atoms with van der Waals surface area (Å²) in [5.41, 5.74) is 4.98. The van der Waals surface area contributed by atoms with Crippen LogP contribution in [0.1, 0.15) is 20.8 Å². The Labute approximate surface area is 127 Å². The van der Waals surface area contributed by atoms with Crippen LogP contribution in [0.3, 0.4) is 0 Å². The van der Waals surface area contributed by atoms with Crippen LogP contribution in [-0.2, 0) is 9.53 Å². The molecule has 22 heavy (non-hydrogen) atoms. The van der Waals surface area contributed by atoms with E-state index in [1.165, 1.54) is 6.07 Å². The number of amides is 1. The lowest BCUT2D eigenvalue weighted by Gasteiger charge is -2.22. The normalized spacial score (nSPS) is 12.4. The van der Waals surface area contributed by atoms with Gasteiger partial charge in [-0.05, 0) is 32.9 Å². The predicted octanol–water partition coefficient (Wildman–Crippen LogP) is 1.76. The number of aliphatic carboxylic acids is 1. The number of nitrogens with two attached hydrogens (primary N) is 1. The largest absolute Gasteiger partial charge is 0.489 e. The molecular formula is C14H19FN2O5. The molecule has 0 aliphatic carbocycles. The fraction of sp³-hybridized carbons (Fsp3) is 0.429. The van der Waals surface area contributed by atoms with Gasteiger partial charge < -0.3 is 25.6 Å². The zero-order valence-electron chi connectivity index (χ0n) is 12.6. The number of alkyl carbamates (subject to hydrolysis) is 1. The Bertz CT molecular complexity index is 557. The van der Waals surface area contributed by atoms with Crippen molar-refractivity contribution in [2.75, 3.05) is 12.3 Å². The molecule has 1 atom stereocenters. The van der Waals surface area contributed by atoms with E-state index in [0.29, 0.717) is 0 Å². The van der Waals surface area contributed by atoms with Crippen LogP contribution in [0.5, 0.6) is 5.75 Å². The maximum atomic E-state index is 13.1. The Kier molecular flexibility index (Phi) is 5.56. The highest BCUT2D eigenvalue weighted by atomic mass is 19.1. The topological polar surface area (TPSA) is 111 Å². The second-order valence-corrected chi connectivity index (χ2v) is 5.53. The molecule has 0 saturated heterocycles. The van der Waals surface area contributed by atoms with Gasteiger partial charge in [-0.2, -0.15) is 0 Å². The molecule has 1 aromatic carbocycles. The fourth-order valence-electron chi connectivity index (χ4n) is 1.43. The van der Waals surface area contributed by atoms with E-state index in [-0.39, 0.29) is 11.4 Å². The SMILES string of the molecule is CC(C)(C)OC(=O)NC(COc1cc(F)ccc1N)C(=O)O. The molecule has 1 unspecified atom stereocenters. The zero-order chi connectivity index (χ0) is 16.9. The van der Waals surface area contributed by atoms with E-state index in [1.54, 1.807) is 20.8 Å². The molecule has 7 nitrogen and oxygen atoms in total. The van der Waals surface area contributed by atoms with Crippen LogP contribution in [-0.4, -0.2) is 35.4 Å². The minimum atomic E-state index is -1.36. The fourth-order valence-corrected chi connectivity index (χ4v) is 1.43. The van der Waals surface area contributed by atoms with Crippen molar-refractivity contribution in [3.63, 3.8) is 0 Å². The Morgan fingerprint density at radius 1 is 1.41 bits per heavy atom. The molecule has 0 spiro atoms. The molecule has 0 saturated carbocycles. The number of nitrogens with one attached hydrogen (secondary N) is 1. The van der Waals surface area contributed by atoms with Crippen molar-refractivity contribution in [1.82, 2.24) is 5.32 Å². The molecule has 8 heteroatoms. The third kappa shape index (κ3) is 5.86. The van der Waals surface area contributed by atoms with E-state index in [4.69, 9.17) is 20.3 Å². The number of carbonyl (C=O) groups is 2. The van der Waals surface area contributed by atoms with Crippen molar-refractivity contribution >= 4 is 17.7 Å². The molecule has 122 valence electrons. The number of benzene rings is 1. The number of ether oxygens (including phenoxy) is 2. The number of carboxylic acids is 1. The third-order valence-electron chi connectivity index (χ3n) is 2.37. The summed E-state index contributed by atoms with van der Waals surface area (Å²) < 4.78 is 23.2. The van der Waals surface area contributed by atoms with Crippen LogP contribution >= 0.6 is 0 Å². The lowest BCUT2D eigenvalue weighted by atomic mass is 10.2. The number of hydrogen-bond acceptors (Lipinski definition) is 5. The Morgan fingerprint density at radius 2 is 2.05 bits per heavy atom. The van der Waals surface area contributed by atoms with Gasteiger partial charge in [0.2, 0.25) is 0 Å². The average Bonchev–Trinajstić information content (AvgIpc) is 2.35. The summed E-state index contributed by atoms with van der Waals surface area (Å²) in [6.07, 6.45) is -0.893. The second kappa shape index (κ2) is 6.97. The average molecular weight is 314 g/mol. The number of hydrogen-bond donors (Lipinski definition) is 3. The number of halogens is 1. The molecule has 1 amide bonds. The van der Waals surface area contributed by atoms with Gasteiger partial charge in [0, 0.05) is 6.07 Å². The number of anilines is 1. The van der Waals surface area contributed by atoms with Crippen LogP contribution in [0.25, 0.3) is 0 Å². The van der Waals surface area contributed by atoms with Crippen LogP contribution < -0.4 is 15.8 Å². The molecule has 0 aromatic heterocycles. The van der Waals surface area contributed by atoms with Crippen molar-refractivity contribution < 1.29 is 28.6 Å². The van der Waals surface area contributed by atoms with Crippen LogP contribution in [0.2, 0.25) is 0 Å². The smallest absolute Gasteiger partial charge is 0.408 e. The summed E-state index contributed by atoms with van der Waals surface area (Å²) in [7, 11) is 0. The van der Waals surface area contributed by atoms with Gasteiger partial charge in [-0.15, -0.1) is 0 Å². The Balaban J connectivity index is 2.67. The van der Waals surface area contributed by atoms with Gasteiger partial charge in [0.15, 0.2) is 6.04 Å². The molecule has 1 rings (SSSR count). The predicted molar refractivity (Wildman–Crippen MR) is 77.1 cm³/mol. The van der Waals surface area contributed by atoms with Gasteiger partial charge in [-0.3, -0.25) is 0 Å². The molecule has 0 aliphatic rings. The quantitative estimate of drug-likeness (QED) is 0.714. The number of carboxylic acid groups (broad SMARTS) is 1. The second-order valence-electron chi connectivity index (χ2n) is 5.53. The van der Waals surface area contributed by atoms with Crippen molar-refractivity contribution in [2.24, 2.45) is 0 Å². The van der Waals surface area contributed by atoms with Gasteiger partial charge in [0.1, 0.15) is 23.8 Å². The van der Waals surface area contributed by atoms with E-state index >= 15 is 0 Å². The molecule has 0 aliphatic heterocycles. The van der Waals surface area contributed by atoms with Gasteiger partial charge in [-0.1, -0.05) is 0 Å².